The van der Waals surface area contributed by atoms with Gasteiger partial charge in [-0.15, -0.1) is 11.8 Å². The van der Waals surface area contributed by atoms with Crippen LogP contribution in [0.25, 0.3) is 0 Å². The molecule has 28 heavy (non-hydrogen) atoms. The third-order valence-corrected chi connectivity index (χ3v) is 5.90. The Kier molecular flexibility index (Phi) is 4.96. The normalized spacial score (nSPS) is 16.1. The molecule has 0 amide bonds. The maximum absolute atomic E-state index is 12.5. The van der Waals surface area contributed by atoms with Crippen LogP contribution in [0.2, 0.25) is 0 Å². The first-order valence-electron chi connectivity index (χ1n) is 8.86. The van der Waals surface area contributed by atoms with E-state index in [1.54, 1.807) is 25.8 Å². The Labute approximate surface area is 166 Å². The average Bonchev–Trinajstić information content (AvgIpc) is 2.87. The number of hydrogen-bond acceptors (Lipinski definition) is 6. The lowest BCUT2D eigenvalue weighted by Gasteiger charge is -2.17. The highest BCUT2D eigenvalue weighted by Gasteiger charge is 2.26. The van der Waals surface area contributed by atoms with Crippen LogP contribution in [0.1, 0.15) is 28.6 Å². The van der Waals surface area contributed by atoms with Crippen LogP contribution < -0.4 is 10.4 Å². The molecule has 2 aromatic carbocycles. The topological polar surface area (TPSA) is 72.0 Å². The van der Waals surface area contributed by atoms with Gasteiger partial charge in [0.1, 0.15) is 22.8 Å². The predicted molar refractivity (Wildman–Crippen MR) is 110 cm³/mol. The minimum atomic E-state index is -0.579. The number of benzene rings is 2. The van der Waals surface area contributed by atoms with Gasteiger partial charge in [0.15, 0.2) is 0 Å². The summed E-state index contributed by atoms with van der Waals surface area (Å²) < 4.78 is 10.6. The Balaban J connectivity index is 1.86. The van der Waals surface area contributed by atoms with E-state index in [0.717, 1.165) is 21.9 Å². The maximum Gasteiger partial charge on any atom is 0.348 e. The Morgan fingerprint density at radius 3 is 2.79 bits per heavy atom. The second-order valence-corrected chi connectivity index (χ2v) is 7.76. The fraction of sp³-hybridized carbons (Fsp3) is 0.182. The first kappa shape index (κ1) is 18.4. The van der Waals surface area contributed by atoms with Gasteiger partial charge >= 0.3 is 5.63 Å². The lowest BCUT2D eigenvalue weighted by Crippen LogP contribution is -2.17. The van der Waals surface area contributed by atoms with Crippen molar-refractivity contribution in [3.63, 3.8) is 0 Å². The largest absolute Gasteiger partial charge is 0.507 e. The SMILES string of the molecule is COc1cccc([C@@H]2CC(c3c(O)cc(C)oc3=O)=Nc3ccccc3S2)c1. The highest BCUT2D eigenvalue weighted by atomic mass is 32.2. The number of ether oxygens (including phenoxy) is 1. The summed E-state index contributed by atoms with van der Waals surface area (Å²) in [6, 6.07) is 17.1. The third kappa shape index (κ3) is 3.55. The van der Waals surface area contributed by atoms with Gasteiger partial charge in [0, 0.05) is 22.6 Å². The second-order valence-electron chi connectivity index (χ2n) is 6.52. The van der Waals surface area contributed by atoms with E-state index < -0.39 is 5.63 Å². The van der Waals surface area contributed by atoms with Gasteiger partial charge in [0.25, 0.3) is 0 Å². The molecule has 0 saturated heterocycles. The summed E-state index contributed by atoms with van der Waals surface area (Å²) in [4.78, 5) is 18.2. The van der Waals surface area contributed by atoms with Crippen LogP contribution in [0, 0.1) is 6.92 Å². The zero-order chi connectivity index (χ0) is 19.7. The Hall–Kier alpha value is -2.99. The van der Waals surface area contributed by atoms with E-state index in [0.29, 0.717) is 17.9 Å². The van der Waals surface area contributed by atoms with Crippen LogP contribution in [0.15, 0.2) is 73.7 Å². The van der Waals surface area contributed by atoms with Crippen molar-refractivity contribution >= 4 is 23.2 Å². The van der Waals surface area contributed by atoms with E-state index in [4.69, 9.17) is 14.1 Å². The van der Waals surface area contributed by atoms with Crippen molar-refractivity contribution in [3.8, 4) is 11.5 Å². The van der Waals surface area contributed by atoms with Gasteiger partial charge in [0.05, 0.1) is 18.5 Å². The van der Waals surface area contributed by atoms with Crippen molar-refractivity contribution in [2.45, 2.75) is 23.5 Å². The molecular weight excluding hydrogens is 374 g/mol. The second kappa shape index (κ2) is 7.56. The van der Waals surface area contributed by atoms with Crippen LogP contribution in [0.5, 0.6) is 11.5 Å². The van der Waals surface area contributed by atoms with E-state index in [2.05, 4.69) is 0 Å². The van der Waals surface area contributed by atoms with Crippen molar-refractivity contribution < 1.29 is 14.3 Å². The molecule has 6 heteroatoms. The van der Waals surface area contributed by atoms with Crippen molar-refractivity contribution in [2.24, 2.45) is 4.99 Å². The third-order valence-electron chi connectivity index (χ3n) is 4.58. The predicted octanol–water partition coefficient (Wildman–Crippen LogP) is 5.02. The van der Waals surface area contributed by atoms with E-state index in [-0.39, 0.29) is 16.6 Å². The first-order chi connectivity index (χ1) is 13.5. The smallest absolute Gasteiger partial charge is 0.348 e. The van der Waals surface area contributed by atoms with Crippen LogP contribution in [-0.4, -0.2) is 17.9 Å². The number of para-hydroxylation sites is 1. The molecule has 0 spiro atoms. The zero-order valence-electron chi connectivity index (χ0n) is 15.5. The number of aliphatic imine (C=N–C) groups is 1. The van der Waals surface area contributed by atoms with Gasteiger partial charge in [-0.2, -0.15) is 0 Å². The van der Waals surface area contributed by atoms with E-state index in [1.807, 2.05) is 48.5 Å². The molecule has 0 bridgehead atoms. The summed E-state index contributed by atoms with van der Waals surface area (Å²) in [5.74, 6) is 1.02. The Bertz CT molecular complexity index is 1120. The van der Waals surface area contributed by atoms with Gasteiger partial charge in [-0.05, 0) is 36.8 Å². The zero-order valence-corrected chi connectivity index (χ0v) is 16.3. The molecule has 0 radical (unpaired) electrons. The van der Waals surface area contributed by atoms with Crippen molar-refractivity contribution in [2.75, 3.05) is 7.11 Å². The summed E-state index contributed by atoms with van der Waals surface area (Å²) in [5, 5.41) is 10.4. The molecule has 1 atom stereocenters. The van der Waals surface area contributed by atoms with E-state index in [1.165, 1.54) is 6.07 Å². The minimum Gasteiger partial charge on any atom is -0.507 e. The number of thioether (sulfide) groups is 1. The Morgan fingerprint density at radius 2 is 2.00 bits per heavy atom. The molecule has 5 nitrogen and oxygen atoms in total. The van der Waals surface area contributed by atoms with Crippen LogP contribution in [-0.2, 0) is 0 Å². The number of hydrogen-bond donors (Lipinski definition) is 1. The lowest BCUT2D eigenvalue weighted by atomic mass is 10.0. The molecule has 1 N–H and O–H groups in total. The van der Waals surface area contributed by atoms with E-state index in [9.17, 15) is 9.90 Å². The maximum atomic E-state index is 12.5. The molecule has 0 unspecified atom stereocenters. The van der Waals surface area contributed by atoms with Crippen molar-refractivity contribution in [3.05, 3.63) is 81.9 Å². The number of methoxy groups -OCH3 is 1. The van der Waals surface area contributed by atoms with Gasteiger partial charge in [-0.25, -0.2) is 4.79 Å². The van der Waals surface area contributed by atoms with Crippen molar-refractivity contribution in [1.29, 1.82) is 0 Å². The average molecular weight is 393 g/mol. The molecule has 2 heterocycles. The summed E-state index contributed by atoms with van der Waals surface area (Å²) in [7, 11) is 1.64. The highest BCUT2D eigenvalue weighted by Crippen LogP contribution is 2.46. The molecule has 3 aromatic rings. The van der Waals surface area contributed by atoms with Gasteiger partial charge in [-0.3, -0.25) is 4.99 Å². The number of aryl methyl sites for hydroxylation is 1. The van der Waals surface area contributed by atoms with Crippen molar-refractivity contribution in [1.82, 2.24) is 0 Å². The fourth-order valence-corrected chi connectivity index (χ4v) is 4.48. The molecule has 4 rings (SSSR count). The molecule has 0 fully saturated rings. The number of nitrogens with zero attached hydrogens (tertiary/aromatic N) is 1. The number of fused-ring (bicyclic) bond motifs is 1. The van der Waals surface area contributed by atoms with Crippen LogP contribution in [0.3, 0.4) is 0 Å². The molecular formula is C22H19NO4S. The summed E-state index contributed by atoms with van der Waals surface area (Å²) in [6.45, 7) is 1.63. The molecule has 0 saturated carbocycles. The summed E-state index contributed by atoms with van der Waals surface area (Å²) in [6.07, 6.45) is 0.466. The van der Waals surface area contributed by atoms with Gasteiger partial charge in [-0.1, -0.05) is 24.3 Å². The van der Waals surface area contributed by atoms with E-state index >= 15 is 0 Å². The molecule has 1 aliphatic heterocycles. The van der Waals surface area contributed by atoms with Crippen LogP contribution >= 0.6 is 11.8 Å². The quantitative estimate of drug-likeness (QED) is 0.676. The molecule has 142 valence electrons. The number of aromatic hydroxyl groups is 1. The first-order valence-corrected chi connectivity index (χ1v) is 9.74. The molecule has 0 aliphatic carbocycles. The summed E-state index contributed by atoms with van der Waals surface area (Å²) in [5.41, 5.74) is 1.88. The van der Waals surface area contributed by atoms with Gasteiger partial charge < -0.3 is 14.3 Å². The number of rotatable bonds is 3. The summed E-state index contributed by atoms with van der Waals surface area (Å²) >= 11 is 1.68. The standard InChI is InChI=1S/C22H19NO4S/c1-13-10-18(24)21(22(25)27-13)17-12-20(14-6-5-7-15(11-14)26-2)28-19-9-4-3-8-16(19)23-17/h3-11,20,24H,12H2,1-2H3/t20-/m0/s1. The highest BCUT2D eigenvalue weighted by molar-refractivity contribution is 7.99. The minimum absolute atomic E-state index is 0.00222. The monoisotopic (exact) mass is 393 g/mol. The molecule has 1 aliphatic rings. The van der Waals surface area contributed by atoms with Crippen LogP contribution in [0.4, 0.5) is 5.69 Å². The van der Waals surface area contributed by atoms with Gasteiger partial charge in [0.2, 0.25) is 0 Å². The Morgan fingerprint density at radius 1 is 1.18 bits per heavy atom. The lowest BCUT2D eigenvalue weighted by molar-refractivity contribution is 0.414. The fourth-order valence-electron chi connectivity index (χ4n) is 3.26. The molecule has 1 aromatic heterocycles.